The van der Waals surface area contributed by atoms with Crippen molar-refractivity contribution in [2.45, 2.75) is 0 Å². The summed E-state index contributed by atoms with van der Waals surface area (Å²) in [6, 6.07) is 8.96. The van der Waals surface area contributed by atoms with E-state index in [1.807, 2.05) is 0 Å². The zero-order valence-electron chi connectivity index (χ0n) is 14.8. The lowest BCUT2D eigenvalue weighted by atomic mass is 10.2. The zero-order valence-corrected chi connectivity index (χ0v) is 18.0. The number of aliphatic carboxylic acids is 1. The Morgan fingerprint density at radius 1 is 1.37 bits per heavy atom. The van der Waals surface area contributed by atoms with Crippen LogP contribution in [0.15, 0.2) is 50.8 Å². The Morgan fingerprint density at radius 3 is 2.83 bits per heavy atom. The molecule has 2 aromatic rings. The Labute approximate surface area is 187 Å². The molecule has 1 fully saturated rings. The van der Waals surface area contributed by atoms with E-state index < -0.39 is 23.4 Å². The third-order valence-corrected chi connectivity index (χ3v) is 5.26. The number of ether oxygens (including phenoxy) is 1. The second kappa shape index (κ2) is 9.28. The van der Waals surface area contributed by atoms with Crippen LogP contribution in [0.25, 0.3) is 6.08 Å². The molecule has 30 heavy (non-hydrogen) atoms. The second-order valence-corrected chi connectivity index (χ2v) is 8.12. The first-order chi connectivity index (χ1) is 14.2. The number of aliphatic imine (C=N–C) groups is 1. The van der Waals surface area contributed by atoms with Gasteiger partial charge in [-0.15, -0.1) is 0 Å². The predicted octanol–water partition coefficient (Wildman–Crippen LogP) is 4.37. The Bertz CT molecular complexity index is 1120. The fraction of sp³-hybridized carbons (Fsp3) is 0.0556. The number of benzene rings is 2. The molecule has 0 aliphatic carbocycles. The molecule has 0 atom stereocenters. The molecule has 0 spiro atoms. The molecule has 1 aliphatic rings. The van der Waals surface area contributed by atoms with Gasteiger partial charge < -0.3 is 15.2 Å². The fourth-order valence-electron chi connectivity index (χ4n) is 2.36. The second-order valence-electron chi connectivity index (χ2n) is 5.74. The molecule has 1 saturated heterocycles. The Kier molecular flexibility index (Phi) is 6.75. The summed E-state index contributed by atoms with van der Waals surface area (Å²) < 4.78 is 5.94. The number of thioether (sulfide) groups is 1. The van der Waals surface area contributed by atoms with Gasteiger partial charge in [0.05, 0.1) is 9.83 Å². The molecular formula is C18H11BrClN3O6S. The van der Waals surface area contributed by atoms with Gasteiger partial charge in [0.1, 0.15) is 11.4 Å². The number of rotatable bonds is 6. The van der Waals surface area contributed by atoms with Gasteiger partial charge >= 0.3 is 5.97 Å². The van der Waals surface area contributed by atoms with Crippen LogP contribution in [0.3, 0.4) is 0 Å². The van der Waals surface area contributed by atoms with Gasteiger partial charge in [-0.2, -0.15) is 0 Å². The molecule has 1 amide bonds. The van der Waals surface area contributed by atoms with Crippen molar-refractivity contribution in [2.24, 2.45) is 4.99 Å². The number of hydrogen-bond acceptors (Lipinski definition) is 7. The number of nitrogens with one attached hydrogen (secondary N) is 1. The third kappa shape index (κ3) is 5.38. The number of nitro groups is 1. The number of carbonyl (C=O) groups is 2. The van der Waals surface area contributed by atoms with Crippen molar-refractivity contribution < 1.29 is 24.4 Å². The van der Waals surface area contributed by atoms with Crippen molar-refractivity contribution >= 4 is 73.8 Å². The molecule has 9 nitrogen and oxygen atoms in total. The van der Waals surface area contributed by atoms with E-state index in [0.29, 0.717) is 10.0 Å². The monoisotopic (exact) mass is 511 g/mol. The van der Waals surface area contributed by atoms with Gasteiger partial charge in [-0.25, -0.2) is 9.79 Å². The molecule has 154 valence electrons. The maximum atomic E-state index is 12.3. The molecule has 0 bridgehead atoms. The van der Waals surface area contributed by atoms with Crippen molar-refractivity contribution in [1.29, 1.82) is 0 Å². The van der Waals surface area contributed by atoms with Crippen LogP contribution in [0.4, 0.5) is 11.4 Å². The van der Waals surface area contributed by atoms with Crippen molar-refractivity contribution in [3.05, 3.63) is 66.5 Å². The number of amidine groups is 1. The summed E-state index contributed by atoms with van der Waals surface area (Å²) >= 11 is 10.1. The summed E-state index contributed by atoms with van der Waals surface area (Å²) in [4.78, 5) is 38.1. The number of nitrogens with zero attached hydrogens (tertiary/aromatic N) is 2. The van der Waals surface area contributed by atoms with Crippen LogP contribution in [0, 0.1) is 10.1 Å². The third-order valence-electron chi connectivity index (χ3n) is 3.62. The van der Waals surface area contributed by atoms with Crippen LogP contribution in [-0.2, 0) is 9.59 Å². The molecule has 1 aliphatic heterocycles. The highest BCUT2D eigenvalue weighted by Gasteiger charge is 2.26. The average molecular weight is 513 g/mol. The van der Waals surface area contributed by atoms with Gasteiger partial charge in [0.15, 0.2) is 11.8 Å². The van der Waals surface area contributed by atoms with Gasteiger partial charge in [-0.05, 0) is 42.1 Å². The lowest BCUT2D eigenvalue weighted by Crippen LogP contribution is -2.19. The maximum Gasteiger partial charge on any atom is 0.341 e. The molecule has 3 rings (SSSR count). The molecular weight excluding hydrogens is 502 g/mol. The number of amides is 1. The van der Waals surface area contributed by atoms with Crippen LogP contribution in [0.5, 0.6) is 5.75 Å². The normalized spacial score (nSPS) is 16.0. The number of hydrogen-bond donors (Lipinski definition) is 2. The molecule has 12 heteroatoms. The summed E-state index contributed by atoms with van der Waals surface area (Å²) in [6.45, 7) is -0.543. The lowest BCUT2D eigenvalue weighted by Gasteiger charge is -2.08. The molecule has 0 unspecified atom stereocenters. The van der Waals surface area contributed by atoms with Crippen molar-refractivity contribution in [1.82, 2.24) is 5.32 Å². The van der Waals surface area contributed by atoms with E-state index in [2.05, 4.69) is 26.2 Å². The number of carboxylic acids is 1. The topological polar surface area (TPSA) is 131 Å². The predicted molar refractivity (Wildman–Crippen MR) is 116 cm³/mol. The van der Waals surface area contributed by atoms with Crippen molar-refractivity contribution in [2.75, 3.05) is 6.61 Å². The number of carboxylic acid groups (broad SMARTS) is 1. The first-order valence-electron chi connectivity index (χ1n) is 8.10. The Balaban J connectivity index is 1.90. The van der Waals surface area contributed by atoms with Gasteiger partial charge in [-0.3, -0.25) is 14.9 Å². The van der Waals surface area contributed by atoms with E-state index in [4.69, 9.17) is 21.4 Å². The standard InChI is InChI=1S/C18H11BrClN3O6S/c19-10-2-1-9(14(6-10)29-8-16(24)25)5-15-17(26)22-18(30-15)21-12-4-3-11(20)7-13(12)23(27)28/h1-7H,8H2,(H,24,25)(H,21,22,26)/b15-5+. The highest BCUT2D eigenvalue weighted by molar-refractivity contribution is 9.10. The smallest absolute Gasteiger partial charge is 0.341 e. The summed E-state index contributed by atoms with van der Waals surface area (Å²) in [5.41, 5.74) is 0.234. The van der Waals surface area contributed by atoms with Crippen LogP contribution in [0.1, 0.15) is 5.56 Å². The fourth-order valence-corrected chi connectivity index (χ4v) is 3.69. The van der Waals surface area contributed by atoms with Gasteiger partial charge in [-0.1, -0.05) is 33.6 Å². The first-order valence-corrected chi connectivity index (χ1v) is 10.1. The van der Waals surface area contributed by atoms with E-state index >= 15 is 0 Å². The van der Waals surface area contributed by atoms with Crippen molar-refractivity contribution in [3.63, 3.8) is 0 Å². The van der Waals surface area contributed by atoms with E-state index in [1.165, 1.54) is 24.3 Å². The van der Waals surface area contributed by atoms with E-state index in [-0.39, 0.29) is 32.2 Å². The largest absolute Gasteiger partial charge is 0.481 e. The van der Waals surface area contributed by atoms with Crippen molar-refractivity contribution in [3.8, 4) is 5.75 Å². The minimum absolute atomic E-state index is 0.0440. The summed E-state index contributed by atoms with van der Waals surface area (Å²) in [7, 11) is 0. The summed E-state index contributed by atoms with van der Waals surface area (Å²) in [5.74, 6) is -1.32. The van der Waals surface area contributed by atoms with E-state index in [1.54, 1.807) is 18.2 Å². The Hall–Kier alpha value is -2.89. The minimum Gasteiger partial charge on any atom is -0.481 e. The lowest BCUT2D eigenvalue weighted by molar-refractivity contribution is -0.384. The molecule has 1 heterocycles. The van der Waals surface area contributed by atoms with E-state index in [0.717, 1.165) is 11.8 Å². The van der Waals surface area contributed by atoms with Gasteiger partial charge in [0.2, 0.25) is 0 Å². The zero-order chi connectivity index (χ0) is 21.8. The number of nitro benzene ring substituents is 1. The highest BCUT2D eigenvalue weighted by atomic mass is 79.9. The first kappa shape index (κ1) is 21.8. The molecule has 2 N–H and O–H groups in total. The number of halogens is 2. The van der Waals surface area contributed by atoms with Gasteiger partial charge in [0.25, 0.3) is 11.6 Å². The SMILES string of the molecule is O=C(O)COc1cc(Br)ccc1/C=C1/SC(=Nc2ccc(Cl)cc2[N+](=O)[O-])NC1=O. The van der Waals surface area contributed by atoms with E-state index in [9.17, 15) is 19.7 Å². The number of carbonyl (C=O) groups excluding carboxylic acids is 1. The summed E-state index contributed by atoms with van der Waals surface area (Å²) in [6.07, 6.45) is 1.52. The Morgan fingerprint density at radius 2 is 2.13 bits per heavy atom. The molecule has 0 radical (unpaired) electrons. The summed E-state index contributed by atoms with van der Waals surface area (Å²) in [5, 5.41) is 22.9. The minimum atomic E-state index is -1.14. The molecule has 0 aromatic heterocycles. The molecule has 2 aromatic carbocycles. The maximum absolute atomic E-state index is 12.3. The molecule has 0 saturated carbocycles. The van der Waals surface area contributed by atoms with Gasteiger partial charge in [0, 0.05) is 21.1 Å². The highest BCUT2D eigenvalue weighted by Crippen LogP contribution is 2.35. The average Bonchev–Trinajstić information content (AvgIpc) is 3.02. The quantitative estimate of drug-likeness (QED) is 0.334. The van der Waals surface area contributed by atoms with Crippen LogP contribution in [0.2, 0.25) is 5.02 Å². The van der Waals surface area contributed by atoms with Crippen LogP contribution < -0.4 is 10.1 Å². The van der Waals surface area contributed by atoms with Crippen LogP contribution in [-0.4, -0.2) is 33.7 Å². The van der Waals surface area contributed by atoms with Crippen LogP contribution >= 0.6 is 39.3 Å².